The molecule has 1 N–H and O–H groups in total. The molecule has 2 aromatic heterocycles. The Morgan fingerprint density at radius 2 is 1.91 bits per heavy atom. The number of methoxy groups -OCH3 is 1. The van der Waals surface area contributed by atoms with Gasteiger partial charge in [-0.15, -0.1) is 0 Å². The number of aromatic nitrogens is 1. The summed E-state index contributed by atoms with van der Waals surface area (Å²) in [5, 5.41) is 5.54. The minimum Gasteiger partial charge on any atom is -0.497 e. The molecule has 2 atom stereocenters. The van der Waals surface area contributed by atoms with Gasteiger partial charge in [0.05, 0.1) is 18.8 Å². The molecule has 0 spiro atoms. The Hall–Kier alpha value is -3.00. The van der Waals surface area contributed by atoms with Gasteiger partial charge in [-0.05, 0) is 72.9 Å². The monoisotopic (exact) mass is 493 g/mol. The van der Waals surface area contributed by atoms with Crippen LogP contribution >= 0.6 is 35.6 Å². The fourth-order valence-corrected chi connectivity index (χ4v) is 5.10. The molecule has 3 heterocycles. The van der Waals surface area contributed by atoms with Gasteiger partial charge >= 0.3 is 0 Å². The third-order valence-corrected chi connectivity index (χ3v) is 6.85. The van der Waals surface area contributed by atoms with E-state index in [-0.39, 0.29) is 12.1 Å². The number of nitrogens with zero attached hydrogens (tertiary/aromatic N) is 2. The minimum atomic E-state index is -0.223. The lowest BCUT2D eigenvalue weighted by Gasteiger charge is -2.26. The summed E-state index contributed by atoms with van der Waals surface area (Å²) >= 11 is 13.3. The zero-order valence-electron chi connectivity index (χ0n) is 17.6. The Balaban J connectivity index is 1.53. The molecule has 0 saturated carbocycles. The van der Waals surface area contributed by atoms with Crippen LogP contribution in [0.2, 0.25) is 5.02 Å². The molecule has 5 nitrogen and oxygen atoms in total. The van der Waals surface area contributed by atoms with Crippen molar-refractivity contribution in [2.75, 3.05) is 12.0 Å². The quantitative estimate of drug-likeness (QED) is 0.301. The van der Waals surface area contributed by atoms with E-state index < -0.39 is 0 Å². The molecule has 166 valence electrons. The maximum Gasteiger partial charge on any atom is 0.174 e. The van der Waals surface area contributed by atoms with Crippen molar-refractivity contribution >= 4 is 46.4 Å². The Kier molecular flexibility index (Phi) is 6.26. The lowest BCUT2D eigenvalue weighted by molar-refractivity contribution is 0.383. The molecule has 1 fully saturated rings. The first-order valence-corrected chi connectivity index (χ1v) is 11.9. The van der Waals surface area contributed by atoms with E-state index in [1.807, 2.05) is 78.9 Å². The Bertz CT molecular complexity index is 1260. The van der Waals surface area contributed by atoms with E-state index in [9.17, 15) is 0 Å². The fraction of sp³-hybridized carbons (Fsp3) is 0.120. The Morgan fingerprint density at radius 3 is 2.67 bits per heavy atom. The van der Waals surface area contributed by atoms with E-state index in [2.05, 4.69) is 15.2 Å². The van der Waals surface area contributed by atoms with Crippen molar-refractivity contribution in [1.29, 1.82) is 0 Å². The summed E-state index contributed by atoms with van der Waals surface area (Å²) in [6, 6.07) is 25.0. The molecule has 8 heteroatoms. The predicted octanol–water partition coefficient (Wildman–Crippen LogP) is 6.66. The number of ether oxygens (including phenoxy) is 1. The molecule has 2 aromatic carbocycles. The highest BCUT2D eigenvalue weighted by Crippen LogP contribution is 2.44. The van der Waals surface area contributed by atoms with E-state index in [1.165, 1.54) is 0 Å². The third-order valence-electron chi connectivity index (χ3n) is 5.36. The molecule has 1 aliphatic heterocycles. The van der Waals surface area contributed by atoms with Crippen molar-refractivity contribution in [1.82, 2.24) is 10.3 Å². The van der Waals surface area contributed by atoms with Crippen LogP contribution in [0.25, 0.3) is 0 Å². The average molecular weight is 494 g/mol. The zero-order valence-corrected chi connectivity index (χ0v) is 20.0. The number of rotatable bonds is 6. The lowest BCUT2D eigenvalue weighted by Crippen LogP contribution is -2.29. The van der Waals surface area contributed by atoms with Crippen LogP contribution in [0.4, 0.5) is 5.69 Å². The van der Waals surface area contributed by atoms with E-state index in [4.69, 9.17) is 33.0 Å². The first kappa shape index (κ1) is 21.8. The SMILES string of the molecule is COc1cccc(N2C(=S)NC(c3ccccn3)C2c2ccc(Sc3ccc(Cl)cc3)o2)c1. The normalized spacial score (nSPS) is 17.8. The molecule has 0 radical (unpaired) electrons. The smallest absolute Gasteiger partial charge is 0.174 e. The molecule has 33 heavy (non-hydrogen) atoms. The summed E-state index contributed by atoms with van der Waals surface area (Å²) in [5.41, 5.74) is 1.80. The van der Waals surface area contributed by atoms with E-state index in [1.54, 1.807) is 25.1 Å². The lowest BCUT2D eigenvalue weighted by atomic mass is 10.0. The number of halogens is 1. The minimum absolute atomic E-state index is 0.176. The summed E-state index contributed by atoms with van der Waals surface area (Å²) in [4.78, 5) is 7.69. The van der Waals surface area contributed by atoms with Crippen molar-refractivity contribution in [3.05, 3.63) is 102 Å². The summed E-state index contributed by atoms with van der Waals surface area (Å²) < 4.78 is 11.8. The maximum absolute atomic E-state index is 6.34. The zero-order chi connectivity index (χ0) is 22.8. The van der Waals surface area contributed by atoms with Crippen LogP contribution < -0.4 is 15.0 Å². The van der Waals surface area contributed by atoms with Crippen LogP contribution in [-0.4, -0.2) is 17.2 Å². The number of pyridine rings is 1. The number of furan rings is 1. The molecule has 0 bridgehead atoms. The van der Waals surface area contributed by atoms with Crippen LogP contribution in [0, 0.1) is 0 Å². The van der Waals surface area contributed by atoms with Crippen LogP contribution in [-0.2, 0) is 0 Å². The Labute approximate surface area is 206 Å². The van der Waals surface area contributed by atoms with E-state index in [0.717, 1.165) is 32.9 Å². The summed E-state index contributed by atoms with van der Waals surface area (Å²) in [7, 11) is 1.65. The summed E-state index contributed by atoms with van der Waals surface area (Å²) in [5.74, 6) is 1.55. The summed E-state index contributed by atoms with van der Waals surface area (Å²) in [6.45, 7) is 0. The van der Waals surface area contributed by atoms with Gasteiger partial charge in [0.1, 0.15) is 17.6 Å². The van der Waals surface area contributed by atoms with E-state index in [0.29, 0.717) is 10.1 Å². The van der Waals surface area contributed by atoms with Gasteiger partial charge in [-0.25, -0.2) is 0 Å². The maximum atomic E-state index is 6.34. The Morgan fingerprint density at radius 1 is 1.06 bits per heavy atom. The van der Waals surface area contributed by atoms with Crippen LogP contribution in [0.1, 0.15) is 23.5 Å². The van der Waals surface area contributed by atoms with Gasteiger partial charge in [-0.1, -0.05) is 35.5 Å². The number of benzene rings is 2. The van der Waals surface area contributed by atoms with Crippen molar-refractivity contribution in [2.24, 2.45) is 0 Å². The van der Waals surface area contributed by atoms with Crippen molar-refractivity contribution < 1.29 is 9.15 Å². The highest BCUT2D eigenvalue weighted by molar-refractivity contribution is 7.99. The van der Waals surface area contributed by atoms with Gasteiger partial charge in [0.2, 0.25) is 0 Å². The van der Waals surface area contributed by atoms with Gasteiger partial charge in [-0.3, -0.25) is 4.98 Å². The third kappa shape index (κ3) is 4.57. The number of hydrogen-bond acceptors (Lipinski definition) is 5. The van der Waals surface area contributed by atoms with Crippen molar-refractivity contribution in [3.63, 3.8) is 0 Å². The van der Waals surface area contributed by atoms with Crippen molar-refractivity contribution in [3.8, 4) is 5.75 Å². The second-order valence-electron chi connectivity index (χ2n) is 7.41. The molecular weight excluding hydrogens is 474 g/mol. The van der Waals surface area contributed by atoms with Crippen molar-refractivity contribution in [2.45, 2.75) is 22.1 Å². The van der Waals surface area contributed by atoms with Crippen LogP contribution in [0.15, 0.2) is 99.5 Å². The first-order valence-electron chi connectivity index (χ1n) is 10.3. The predicted molar refractivity (Wildman–Crippen MR) is 135 cm³/mol. The molecule has 1 aliphatic rings. The van der Waals surface area contributed by atoms with Gasteiger partial charge < -0.3 is 19.4 Å². The van der Waals surface area contributed by atoms with Gasteiger partial charge in [0, 0.05) is 27.9 Å². The first-order chi connectivity index (χ1) is 16.1. The van der Waals surface area contributed by atoms with Gasteiger partial charge in [0.15, 0.2) is 10.2 Å². The molecule has 1 saturated heterocycles. The standard InChI is InChI=1S/C25H20ClN3O2S2/c1-30-18-6-4-5-17(15-18)29-24(23(28-25(29)32)20-7-2-3-14-27-20)21-12-13-22(31-21)33-19-10-8-16(26)9-11-19/h2-15,23-24H,1H3,(H,28,32). The molecule has 5 rings (SSSR count). The second-order valence-corrected chi connectivity index (χ2v) is 9.31. The highest BCUT2D eigenvalue weighted by atomic mass is 35.5. The van der Waals surface area contributed by atoms with Crippen LogP contribution in [0.3, 0.4) is 0 Å². The number of nitrogens with one attached hydrogen (secondary N) is 1. The molecule has 0 aliphatic carbocycles. The van der Waals surface area contributed by atoms with Gasteiger partial charge in [-0.2, -0.15) is 0 Å². The number of anilines is 1. The molecule has 0 amide bonds. The molecule has 4 aromatic rings. The van der Waals surface area contributed by atoms with E-state index >= 15 is 0 Å². The molecule has 2 unspecified atom stereocenters. The summed E-state index contributed by atoms with van der Waals surface area (Å²) in [6.07, 6.45) is 1.79. The number of hydrogen-bond donors (Lipinski definition) is 1. The fourth-order valence-electron chi connectivity index (χ4n) is 3.85. The topological polar surface area (TPSA) is 50.5 Å². The average Bonchev–Trinajstić information content (AvgIpc) is 3.45. The molecular formula is C25H20ClN3O2S2. The largest absolute Gasteiger partial charge is 0.497 e. The highest BCUT2D eigenvalue weighted by Gasteiger charge is 2.42. The van der Waals surface area contributed by atoms with Gasteiger partial charge in [0.25, 0.3) is 0 Å². The number of thiocarbonyl (C=S) groups is 1. The second kappa shape index (κ2) is 9.47. The van der Waals surface area contributed by atoms with Crippen LogP contribution in [0.5, 0.6) is 5.75 Å².